The molecule has 0 saturated carbocycles. The molecule has 1 unspecified atom stereocenters. The normalized spacial score (nSPS) is 16.7. The van der Waals surface area contributed by atoms with Crippen molar-refractivity contribution in [1.29, 1.82) is 0 Å². The van der Waals surface area contributed by atoms with E-state index < -0.39 is 0 Å². The summed E-state index contributed by atoms with van der Waals surface area (Å²) in [4.78, 5) is 31.7. The molecular weight excluding hydrogens is 348 g/mol. The number of amides is 2. The number of hydrogen-bond acceptors (Lipinski definition) is 5. The Kier molecular flexibility index (Phi) is 6.00. The second kappa shape index (κ2) is 8.42. The largest absolute Gasteiger partial charge is 0.350 e. The van der Waals surface area contributed by atoms with Crippen LogP contribution in [0.25, 0.3) is 10.4 Å². The fourth-order valence-corrected chi connectivity index (χ4v) is 4.06. The molecule has 1 fully saturated rings. The number of carbonyl (C=O) groups excluding carboxylic acids is 2. The highest BCUT2D eigenvalue weighted by molar-refractivity contribution is 7.13. The van der Waals surface area contributed by atoms with Crippen molar-refractivity contribution in [3.8, 4) is 10.4 Å². The molecule has 1 aromatic heterocycles. The minimum atomic E-state index is -0.352. The van der Waals surface area contributed by atoms with Crippen molar-refractivity contribution in [2.75, 3.05) is 20.1 Å². The summed E-state index contributed by atoms with van der Waals surface area (Å²) in [6, 6.07) is 7.80. The Hall–Kier alpha value is -2.25. The summed E-state index contributed by atoms with van der Waals surface area (Å²) in [5.41, 5.74) is 5.06. The number of hydrogen-bond donors (Lipinski definition) is 2. The lowest BCUT2D eigenvalue weighted by Crippen LogP contribution is -2.47. The van der Waals surface area contributed by atoms with Crippen molar-refractivity contribution < 1.29 is 9.59 Å². The summed E-state index contributed by atoms with van der Waals surface area (Å²) < 4.78 is 0. The van der Waals surface area contributed by atoms with Crippen molar-refractivity contribution in [3.63, 3.8) is 0 Å². The number of aromatic nitrogens is 1. The van der Waals surface area contributed by atoms with Crippen LogP contribution >= 0.6 is 11.3 Å². The van der Waals surface area contributed by atoms with Crippen molar-refractivity contribution in [2.24, 2.45) is 0 Å². The Bertz CT molecular complexity index is 772. The average Bonchev–Trinajstić information content (AvgIpc) is 3.29. The average molecular weight is 372 g/mol. The zero-order valence-electron chi connectivity index (χ0n) is 15.1. The van der Waals surface area contributed by atoms with Crippen LogP contribution in [0.5, 0.6) is 0 Å². The van der Waals surface area contributed by atoms with Gasteiger partial charge in [-0.2, -0.15) is 0 Å². The van der Waals surface area contributed by atoms with Crippen molar-refractivity contribution >= 4 is 23.2 Å². The zero-order chi connectivity index (χ0) is 18.5. The third-order valence-corrected chi connectivity index (χ3v) is 5.61. The maximum atomic E-state index is 12.5. The molecule has 2 heterocycles. The number of likely N-dealkylation sites (tertiary alicyclic amines) is 1. The van der Waals surface area contributed by atoms with Crippen LogP contribution in [0, 0.1) is 6.92 Å². The van der Waals surface area contributed by atoms with Gasteiger partial charge in [-0.15, -0.1) is 11.3 Å². The molecule has 2 N–H and O–H groups in total. The lowest BCUT2D eigenvalue weighted by atomic mass is 10.1. The molecule has 3 rings (SSSR count). The summed E-state index contributed by atoms with van der Waals surface area (Å²) in [6.07, 6.45) is 1.60. The van der Waals surface area contributed by atoms with E-state index in [1.807, 2.05) is 24.6 Å². The molecule has 0 aliphatic carbocycles. The summed E-state index contributed by atoms with van der Waals surface area (Å²) >= 11 is 1.63. The fourth-order valence-electron chi connectivity index (χ4n) is 3.25. The Morgan fingerprint density at radius 1 is 1.31 bits per heavy atom. The van der Waals surface area contributed by atoms with Crippen LogP contribution in [0.2, 0.25) is 0 Å². The highest BCUT2D eigenvalue weighted by atomic mass is 32.1. The topological polar surface area (TPSA) is 74.3 Å². The summed E-state index contributed by atoms with van der Waals surface area (Å²) in [5, 5.41) is 5.83. The van der Waals surface area contributed by atoms with Gasteiger partial charge >= 0.3 is 0 Å². The highest BCUT2D eigenvalue weighted by Gasteiger charge is 2.33. The summed E-state index contributed by atoms with van der Waals surface area (Å²) in [5.74, 6) is -0.0937. The van der Waals surface area contributed by atoms with Crippen LogP contribution < -0.4 is 10.6 Å². The number of rotatable bonds is 6. The number of benzene rings is 1. The number of aryl methyl sites for hydroxylation is 1. The number of carbonyl (C=O) groups is 2. The lowest BCUT2D eigenvalue weighted by Gasteiger charge is -2.24. The van der Waals surface area contributed by atoms with Gasteiger partial charge in [0.2, 0.25) is 11.8 Å². The van der Waals surface area contributed by atoms with Crippen molar-refractivity contribution in [3.05, 3.63) is 41.0 Å². The van der Waals surface area contributed by atoms with E-state index >= 15 is 0 Å². The highest BCUT2D eigenvalue weighted by Crippen LogP contribution is 2.27. The van der Waals surface area contributed by atoms with Gasteiger partial charge in [0.05, 0.1) is 22.6 Å². The first-order valence-corrected chi connectivity index (χ1v) is 9.69. The van der Waals surface area contributed by atoms with Crippen molar-refractivity contribution in [2.45, 2.75) is 32.4 Å². The predicted octanol–water partition coefficient (Wildman–Crippen LogP) is 1.95. The third-order valence-electron chi connectivity index (χ3n) is 4.63. The van der Waals surface area contributed by atoms with Crippen LogP contribution in [0.4, 0.5) is 0 Å². The van der Waals surface area contributed by atoms with Gasteiger partial charge < -0.3 is 15.5 Å². The molecule has 0 bridgehead atoms. The van der Waals surface area contributed by atoms with Crippen molar-refractivity contribution in [1.82, 2.24) is 20.5 Å². The third kappa shape index (κ3) is 4.11. The SMILES string of the molecule is CNCC(=O)N1CCCC1C(=O)NCc1ccc(-c2scnc2C)cc1. The fraction of sp³-hybridized carbons (Fsp3) is 0.421. The second-order valence-corrected chi connectivity index (χ2v) is 7.31. The first-order chi connectivity index (χ1) is 12.6. The Morgan fingerprint density at radius 2 is 2.08 bits per heavy atom. The lowest BCUT2D eigenvalue weighted by molar-refractivity contribution is -0.137. The van der Waals surface area contributed by atoms with Crippen LogP contribution in [0.1, 0.15) is 24.1 Å². The molecule has 26 heavy (non-hydrogen) atoms. The number of likely N-dealkylation sites (N-methyl/N-ethyl adjacent to an activating group) is 1. The van der Waals surface area contributed by atoms with Gasteiger partial charge in [-0.3, -0.25) is 9.59 Å². The van der Waals surface area contributed by atoms with E-state index in [0.29, 0.717) is 13.1 Å². The molecule has 1 atom stereocenters. The summed E-state index contributed by atoms with van der Waals surface area (Å²) in [6.45, 7) is 3.39. The molecule has 7 heteroatoms. The maximum absolute atomic E-state index is 12.5. The molecule has 0 radical (unpaired) electrons. The molecule has 6 nitrogen and oxygen atoms in total. The first kappa shape index (κ1) is 18.5. The Morgan fingerprint density at radius 3 is 2.73 bits per heavy atom. The number of nitrogens with one attached hydrogen (secondary N) is 2. The monoisotopic (exact) mass is 372 g/mol. The second-order valence-electron chi connectivity index (χ2n) is 6.46. The minimum absolute atomic E-state index is 0.0190. The quantitative estimate of drug-likeness (QED) is 0.813. The predicted molar refractivity (Wildman–Crippen MR) is 103 cm³/mol. The van der Waals surface area contributed by atoms with Gasteiger partial charge in [-0.05, 0) is 37.9 Å². The van der Waals surface area contributed by atoms with Crippen LogP contribution in [-0.4, -0.2) is 47.9 Å². The van der Waals surface area contributed by atoms with E-state index in [4.69, 9.17) is 0 Å². The standard InChI is InChI=1S/C19H24N4O2S/c1-13-18(26-12-22-13)15-7-5-14(6-8-15)10-21-19(25)16-4-3-9-23(16)17(24)11-20-2/h5-8,12,16,20H,3-4,9-11H2,1-2H3,(H,21,25). The molecule has 1 saturated heterocycles. The van der Waals surface area contributed by atoms with E-state index in [1.54, 1.807) is 23.3 Å². The van der Waals surface area contributed by atoms with Crippen LogP contribution in [-0.2, 0) is 16.1 Å². The van der Waals surface area contributed by atoms with Crippen LogP contribution in [0.3, 0.4) is 0 Å². The molecular formula is C19H24N4O2S. The molecule has 1 aromatic carbocycles. The number of nitrogens with zero attached hydrogens (tertiary/aromatic N) is 2. The number of thiazole rings is 1. The van der Waals surface area contributed by atoms with E-state index in [-0.39, 0.29) is 24.4 Å². The van der Waals surface area contributed by atoms with E-state index in [2.05, 4.69) is 27.8 Å². The van der Waals surface area contributed by atoms with Gasteiger partial charge in [-0.25, -0.2) is 4.98 Å². The smallest absolute Gasteiger partial charge is 0.243 e. The first-order valence-electron chi connectivity index (χ1n) is 8.81. The van der Waals surface area contributed by atoms with Gasteiger partial charge in [0, 0.05) is 13.1 Å². The van der Waals surface area contributed by atoms with Gasteiger partial charge in [0.25, 0.3) is 0 Å². The molecule has 0 spiro atoms. The Labute approximate surface area is 157 Å². The maximum Gasteiger partial charge on any atom is 0.243 e. The van der Waals surface area contributed by atoms with E-state index in [0.717, 1.165) is 29.7 Å². The van der Waals surface area contributed by atoms with Gasteiger partial charge in [0.1, 0.15) is 6.04 Å². The van der Waals surface area contributed by atoms with E-state index in [1.165, 1.54) is 4.88 Å². The molecule has 138 valence electrons. The minimum Gasteiger partial charge on any atom is -0.350 e. The van der Waals surface area contributed by atoms with Crippen LogP contribution in [0.15, 0.2) is 29.8 Å². The van der Waals surface area contributed by atoms with Gasteiger partial charge in [-0.1, -0.05) is 24.3 Å². The molecule has 1 aliphatic heterocycles. The Balaban J connectivity index is 1.57. The molecule has 2 amide bonds. The zero-order valence-corrected chi connectivity index (χ0v) is 15.9. The molecule has 2 aromatic rings. The van der Waals surface area contributed by atoms with E-state index in [9.17, 15) is 9.59 Å². The van der Waals surface area contributed by atoms with Gasteiger partial charge in [0.15, 0.2) is 0 Å². The molecule has 1 aliphatic rings. The summed E-state index contributed by atoms with van der Waals surface area (Å²) in [7, 11) is 1.74.